The summed E-state index contributed by atoms with van der Waals surface area (Å²) >= 11 is 0. The van der Waals surface area contributed by atoms with E-state index in [2.05, 4.69) is 34.8 Å². The van der Waals surface area contributed by atoms with Crippen molar-refractivity contribution in [1.82, 2.24) is 29.5 Å². The highest BCUT2D eigenvalue weighted by Gasteiger charge is 2.26. The third-order valence-electron chi connectivity index (χ3n) is 3.57. The first-order valence-electron chi connectivity index (χ1n) is 7.01. The third-order valence-corrected chi connectivity index (χ3v) is 3.57. The van der Waals surface area contributed by atoms with Crippen LogP contribution in [0.25, 0.3) is 11.2 Å². The van der Waals surface area contributed by atoms with Gasteiger partial charge in [-0.2, -0.15) is 0 Å². The topological polar surface area (TPSA) is 81.4 Å². The predicted octanol–water partition coefficient (Wildman–Crippen LogP) is 1.87. The molecule has 0 atom stereocenters. The predicted molar refractivity (Wildman–Crippen MR) is 77.7 cm³/mol. The third kappa shape index (κ3) is 2.31. The van der Waals surface area contributed by atoms with Gasteiger partial charge in [-0.1, -0.05) is 0 Å². The van der Waals surface area contributed by atoms with Crippen molar-refractivity contribution in [3.63, 3.8) is 0 Å². The van der Waals surface area contributed by atoms with Gasteiger partial charge >= 0.3 is 0 Å². The van der Waals surface area contributed by atoms with Crippen molar-refractivity contribution >= 4 is 17.0 Å². The summed E-state index contributed by atoms with van der Waals surface area (Å²) < 4.78 is 2.14. The second-order valence-electron chi connectivity index (χ2n) is 5.23. The molecular weight excluding hydrogens is 266 g/mol. The van der Waals surface area contributed by atoms with Crippen LogP contribution in [-0.4, -0.2) is 29.5 Å². The SMILES string of the molecule is Cc1nccc(CNc2ncnc3c2ncn3C2CC2)n1. The lowest BCUT2D eigenvalue weighted by Crippen LogP contribution is -2.05. The van der Waals surface area contributed by atoms with Crippen molar-refractivity contribution in [2.45, 2.75) is 32.4 Å². The molecule has 1 N–H and O–H groups in total. The van der Waals surface area contributed by atoms with Gasteiger partial charge in [0.15, 0.2) is 11.5 Å². The molecule has 0 spiro atoms. The second-order valence-corrected chi connectivity index (χ2v) is 5.23. The fraction of sp³-hybridized carbons (Fsp3) is 0.357. The van der Waals surface area contributed by atoms with Gasteiger partial charge in [0.1, 0.15) is 17.7 Å². The van der Waals surface area contributed by atoms with E-state index in [0.717, 1.165) is 28.5 Å². The van der Waals surface area contributed by atoms with E-state index in [4.69, 9.17) is 0 Å². The molecule has 3 aromatic rings. The maximum atomic E-state index is 4.45. The van der Waals surface area contributed by atoms with Crippen molar-refractivity contribution < 1.29 is 0 Å². The van der Waals surface area contributed by atoms with Gasteiger partial charge in [0.25, 0.3) is 0 Å². The maximum Gasteiger partial charge on any atom is 0.165 e. The van der Waals surface area contributed by atoms with Crippen LogP contribution in [0.4, 0.5) is 5.82 Å². The number of anilines is 1. The van der Waals surface area contributed by atoms with Gasteiger partial charge in [0.05, 0.1) is 18.6 Å². The maximum absolute atomic E-state index is 4.45. The molecular formula is C14H15N7. The van der Waals surface area contributed by atoms with Crippen LogP contribution in [-0.2, 0) is 6.54 Å². The summed E-state index contributed by atoms with van der Waals surface area (Å²) in [7, 11) is 0. The molecule has 0 bridgehead atoms. The largest absolute Gasteiger partial charge is 0.362 e. The van der Waals surface area contributed by atoms with Crippen LogP contribution < -0.4 is 5.32 Å². The molecule has 1 aliphatic rings. The highest BCUT2D eigenvalue weighted by atomic mass is 15.2. The number of nitrogens with one attached hydrogen (secondary N) is 1. The minimum absolute atomic E-state index is 0.558. The number of fused-ring (bicyclic) bond motifs is 1. The summed E-state index contributed by atoms with van der Waals surface area (Å²) in [6, 6.07) is 2.45. The summed E-state index contributed by atoms with van der Waals surface area (Å²) in [5.74, 6) is 1.51. The number of nitrogens with zero attached hydrogens (tertiary/aromatic N) is 6. The number of hydrogen-bond acceptors (Lipinski definition) is 6. The summed E-state index contributed by atoms with van der Waals surface area (Å²) in [6.07, 6.45) is 7.61. The Morgan fingerprint density at radius 3 is 2.95 bits per heavy atom. The molecule has 21 heavy (non-hydrogen) atoms. The summed E-state index contributed by atoms with van der Waals surface area (Å²) in [5, 5.41) is 3.29. The number of aromatic nitrogens is 6. The van der Waals surface area contributed by atoms with Gasteiger partial charge in [-0.3, -0.25) is 0 Å². The molecule has 0 aliphatic heterocycles. The van der Waals surface area contributed by atoms with Crippen molar-refractivity contribution in [1.29, 1.82) is 0 Å². The first kappa shape index (κ1) is 12.2. The Morgan fingerprint density at radius 1 is 1.24 bits per heavy atom. The van der Waals surface area contributed by atoms with Crippen LogP contribution in [0.2, 0.25) is 0 Å². The van der Waals surface area contributed by atoms with Gasteiger partial charge in [-0.15, -0.1) is 0 Å². The average Bonchev–Trinajstić information content (AvgIpc) is 3.24. The zero-order chi connectivity index (χ0) is 14.2. The van der Waals surface area contributed by atoms with Gasteiger partial charge in [0, 0.05) is 12.2 Å². The van der Waals surface area contributed by atoms with Crippen molar-refractivity contribution in [2.75, 3.05) is 5.32 Å². The minimum atomic E-state index is 0.558. The van der Waals surface area contributed by atoms with Crippen molar-refractivity contribution in [3.8, 4) is 0 Å². The fourth-order valence-electron chi connectivity index (χ4n) is 2.38. The summed E-state index contributed by atoms with van der Waals surface area (Å²) in [4.78, 5) is 21.6. The zero-order valence-electron chi connectivity index (χ0n) is 11.7. The van der Waals surface area contributed by atoms with E-state index in [-0.39, 0.29) is 0 Å². The Balaban J connectivity index is 1.61. The van der Waals surface area contributed by atoms with E-state index >= 15 is 0 Å². The smallest absolute Gasteiger partial charge is 0.165 e. The lowest BCUT2D eigenvalue weighted by Gasteiger charge is -2.06. The van der Waals surface area contributed by atoms with Gasteiger partial charge < -0.3 is 9.88 Å². The number of hydrogen-bond donors (Lipinski definition) is 1. The number of aryl methyl sites for hydroxylation is 1. The van der Waals surface area contributed by atoms with Gasteiger partial charge in [-0.25, -0.2) is 24.9 Å². The van der Waals surface area contributed by atoms with Crippen LogP contribution in [0, 0.1) is 6.92 Å². The van der Waals surface area contributed by atoms with E-state index in [1.54, 1.807) is 12.5 Å². The molecule has 0 aromatic carbocycles. The van der Waals surface area contributed by atoms with Gasteiger partial charge in [0.2, 0.25) is 0 Å². The Kier molecular flexibility index (Phi) is 2.77. The Hall–Kier alpha value is -2.57. The first-order valence-corrected chi connectivity index (χ1v) is 7.01. The average molecular weight is 281 g/mol. The van der Waals surface area contributed by atoms with E-state index < -0.39 is 0 Å². The molecule has 3 heterocycles. The highest BCUT2D eigenvalue weighted by Crippen LogP contribution is 2.37. The molecule has 0 amide bonds. The Bertz CT molecular complexity index is 791. The van der Waals surface area contributed by atoms with Crippen LogP contribution in [0.1, 0.15) is 30.4 Å². The standard InChI is InChI=1S/C14H15N7/c1-9-15-5-4-10(20-9)6-16-13-12-14(18-7-17-13)21(8-19-12)11-2-3-11/h4-5,7-8,11H,2-3,6H2,1H3,(H,16,17,18). The highest BCUT2D eigenvalue weighted by molar-refractivity contribution is 5.82. The first-order chi connectivity index (χ1) is 10.3. The molecule has 0 radical (unpaired) electrons. The van der Waals surface area contributed by atoms with Crippen LogP contribution in [0.3, 0.4) is 0 Å². The minimum Gasteiger partial charge on any atom is -0.362 e. The van der Waals surface area contributed by atoms with Crippen LogP contribution >= 0.6 is 0 Å². The summed E-state index contributed by atoms with van der Waals surface area (Å²) in [6.45, 7) is 2.47. The lowest BCUT2D eigenvalue weighted by atomic mass is 10.4. The van der Waals surface area contributed by atoms with Gasteiger partial charge in [-0.05, 0) is 25.8 Å². The van der Waals surface area contributed by atoms with Crippen LogP contribution in [0.15, 0.2) is 24.9 Å². The number of rotatable bonds is 4. The molecule has 0 unspecified atom stereocenters. The molecule has 3 aromatic heterocycles. The molecule has 4 rings (SSSR count). The van der Waals surface area contributed by atoms with E-state index in [1.807, 2.05) is 19.3 Å². The van der Waals surface area contributed by atoms with E-state index in [0.29, 0.717) is 12.6 Å². The fourth-order valence-corrected chi connectivity index (χ4v) is 2.38. The van der Waals surface area contributed by atoms with Crippen molar-refractivity contribution in [2.24, 2.45) is 0 Å². The summed E-state index contributed by atoms with van der Waals surface area (Å²) in [5.41, 5.74) is 2.64. The molecule has 0 saturated heterocycles. The monoisotopic (exact) mass is 281 g/mol. The quantitative estimate of drug-likeness (QED) is 0.786. The molecule has 1 fully saturated rings. The molecule has 1 saturated carbocycles. The normalized spacial score (nSPS) is 14.5. The van der Waals surface area contributed by atoms with E-state index in [1.165, 1.54) is 12.8 Å². The van der Waals surface area contributed by atoms with Crippen molar-refractivity contribution in [3.05, 3.63) is 36.4 Å². The van der Waals surface area contributed by atoms with Crippen LogP contribution in [0.5, 0.6) is 0 Å². The number of imidazole rings is 1. The second kappa shape index (κ2) is 4.76. The zero-order valence-corrected chi connectivity index (χ0v) is 11.7. The van der Waals surface area contributed by atoms with E-state index in [9.17, 15) is 0 Å². The molecule has 1 aliphatic carbocycles. The Labute approximate surface area is 121 Å². The molecule has 7 nitrogen and oxygen atoms in total. The molecule has 7 heteroatoms. The molecule has 106 valence electrons. The lowest BCUT2D eigenvalue weighted by molar-refractivity contribution is 0.756. The Morgan fingerprint density at radius 2 is 2.14 bits per heavy atom.